The fourth-order valence-electron chi connectivity index (χ4n) is 1.25. The van der Waals surface area contributed by atoms with Gasteiger partial charge in [-0.3, -0.25) is 0 Å². The zero-order valence-electron chi connectivity index (χ0n) is 7.52. The molecule has 0 aliphatic carbocycles. The lowest BCUT2D eigenvalue weighted by Gasteiger charge is -2.05. The van der Waals surface area contributed by atoms with Gasteiger partial charge in [0.05, 0.1) is 0 Å². The van der Waals surface area contributed by atoms with E-state index in [9.17, 15) is 4.39 Å². The van der Waals surface area contributed by atoms with E-state index in [0.29, 0.717) is 0 Å². The van der Waals surface area contributed by atoms with Crippen molar-refractivity contribution < 1.29 is 4.39 Å². The van der Waals surface area contributed by atoms with Crippen molar-refractivity contribution in [2.45, 2.75) is 20.5 Å². The Hall–Kier alpha value is -1.05. The standard InChI is InChI=1S/C10H14FN/c1-3-12-10-5-8(2)4-9(6-10)7-11/h4-6,12H,3,7H2,1-2H3. The summed E-state index contributed by atoms with van der Waals surface area (Å²) in [6.07, 6.45) is 0. The molecule has 1 rings (SSSR count). The van der Waals surface area contributed by atoms with Crippen molar-refractivity contribution >= 4 is 5.69 Å². The summed E-state index contributed by atoms with van der Waals surface area (Å²) >= 11 is 0. The van der Waals surface area contributed by atoms with Gasteiger partial charge in [0.1, 0.15) is 6.67 Å². The average Bonchev–Trinajstić information content (AvgIpc) is 2.04. The molecule has 0 amide bonds. The molecule has 0 aromatic heterocycles. The van der Waals surface area contributed by atoms with Crippen LogP contribution in [0.5, 0.6) is 0 Å². The number of alkyl halides is 1. The van der Waals surface area contributed by atoms with Crippen LogP contribution in [0.3, 0.4) is 0 Å². The Morgan fingerprint density at radius 3 is 2.67 bits per heavy atom. The van der Waals surface area contributed by atoms with Crippen LogP contribution in [0, 0.1) is 6.92 Å². The van der Waals surface area contributed by atoms with Crippen LogP contribution >= 0.6 is 0 Å². The Balaban J connectivity index is 2.90. The van der Waals surface area contributed by atoms with Crippen LogP contribution in [0.2, 0.25) is 0 Å². The second-order valence-corrected chi connectivity index (χ2v) is 2.87. The minimum Gasteiger partial charge on any atom is -0.385 e. The highest BCUT2D eigenvalue weighted by molar-refractivity contribution is 5.48. The molecule has 0 aliphatic heterocycles. The number of aryl methyl sites for hydroxylation is 1. The van der Waals surface area contributed by atoms with Gasteiger partial charge in [-0.15, -0.1) is 0 Å². The predicted octanol–water partition coefficient (Wildman–Crippen LogP) is 2.90. The van der Waals surface area contributed by atoms with Crippen LogP contribution in [-0.4, -0.2) is 6.54 Å². The molecular weight excluding hydrogens is 153 g/mol. The molecule has 0 unspecified atom stereocenters. The van der Waals surface area contributed by atoms with Crippen molar-refractivity contribution in [1.82, 2.24) is 0 Å². The Bertz CT molecular complexity index is 258. The van der Waals surface area contributed by atoms with E-state index in [1.807, 2.05) is 32.0 Å². The summed E-state index contributed by atoms with van der Waals surface area (Å²) < 4.78 is 12.3. The molecular formula is C10H14FN. The molecule has 1 aromatic carbocycles. The minimum atomic E-state index is -0.389. The van der Waals surface area contributed by atoms with Crippen LogP contribution in [-0.2, 0) is 6.67 Å². The van der Waals surface area contributed by atoms with Gasteiger partial charge in [-0.05, 0) is 37.1 Å². The fourth-order valence-corrected chi connectivity index (χ4v) is 1.25. The van der Waals surface area contributed by atoms with E-state index in [2.05, 4.69) is 5.32 Å². The topological polar surface area (TPSA) is 12.0 Å². The van der Waals surface area contributed by atoms with E-state index in [-0.39, 0.29) is 6.67 Å². The largest absolute Gasteiger partial charge is 0.385 e. The lowest BCUT2D eigenvalue weighted by molar-refractivity contribution is 0.485. The van der Waals surface area contributed by atoms with Crippen molar-refractivity contribution in [2.75, 3.05) is 11.9 Å². The second kappa shape index (κ2) is 4.10. The first-order chi connectivity index (χ1) is 5.76. The molecule has 1 aromatic rings. The molecule has 1 N–H and O–H groups in total. The molecule has 0 bridgehead atoms. The Labute approximate surface area is 72.6 Å². The molecule has 0 atom stereocenters. The number of halogens is 1. The molecule has 0 heterocycles. The lowest BCUT2D eigenvalue weighted by atomic mass is 10.1. The first-order valence-corrected chi connectivity index (χ1v) is 4.16. The Morgan fingerprint density at radius 1 is 1.33 bits per heavy atom. The quantitative estimate of drug-likeness (QED) is 0.729. The first-order valence-electron chi connectivity index (χ1n) is 4.16. The van der Waals surface area contributed by atoms with Gasteiger partial charge < -0.3 is 5.32 Å². The highest BCUT2D eigenvalue weighted by atomic mass is 19.1. The second-order valence-electron chi connectivity index (χ2n) is 2.87. The summed E-state index contributed by atoms with van der Waals surface area (Å²) in [5.74, 6) is 0. The van der Waals surface area contributed by atoms with Gasteiger partial charge in [0.25, 0.3) is 0 Å². The predicted molar refractivity (Wildman–Crippen MR) is 50.2 cm³/mol. The van der Waals surface area contributed by atoms with E-state index in [4.69, 9.17) is 0 Å². The summed E-state index contributed by atoms with van der Waals surface area (Å²) in [7, 11) is 0. The van der Waals surface area contributed by atoms with E-state index >= 15 is 0 Å². The van der Waals surface area contributed by atoms with Gasteiger partial charge in [-0.2, -0.15) is 0 Å². The lowest BCUT2D eigenvalue weighted by Crippen LogP contribution is -1.97. The monoisotopic (exact) mass is 167 g/mol. The van der Waals surface area contributed by atoms with Crippen LogP contribution < -0.4 is 5.32 Å². The third-order valence-corrected chi connectivity index (χ3v) is 1.67. The van der Waals surface area contributed by atoms with Gasteiger partial charge in [0.15, 0.2) is 0 Å². The van der Waals surface area contributed by atoms with Gasteiger partial charge in [0.2, 0.25) is 0 Å². The van der Waals surface area contributed by atoms with E-state index in [0.717, 1.165) is 23.4 Å². The smallest absolute Gasteiger partial charge is 0.115 e. The number of hydrogen-bond acceptors (Lipinski definition) is 1. The highest BCUT2D eigenvalue weighted by Gasteiger charge is 1.96. The number of hydrogen-bond donors (Lipinski definition) is 1. The molecule has 0 aliphatic rings. The number of benzene rings is 1. The molecule has 0 saturated carbocycles. The normalized spacial score (nSPS) is 9.92. The average molecular weight is 167 g/mol. The third-order valence-electron chi connectivity index (χ3n) is 1.67. The van der Waals surface area contributed by atoms with E-state index < -0.39 is 0 Å². The van der Waals surface area contributed by atoms with Gasteiger partial charge in [0, 0.05) is 12.2 Å². The van der Waals surface area contributed by atoms with Crippen LogP contribution in [0.15, 0.2) is 18.2 Å². The van der Waals surface area contributed by atoms with Crippen molar-refractivity contribution in [2.24, 2.45) is 0 Å². The minimum absolute atomic E-state index is 0.389. The molecule has 12 heavy (non-hydrogen) atoms. The fraction of sp³-hybridized carbons (Fsp3) is 0.400. The molecule has 0 saturated heterocycles. The van der Waals surface area contributed by atoms with Crippen molar-refractivity contribution in [3.63, 3.8) is 0 Å². The Morgan fingerprint density at radius 2 is 2.08 bits per heavy atom. The molecule has 0 spiro atoms. The number of nitrogens with one attached hydrogen (secondary N) is 1. The summed E-state index contributed by atoms with van der Waals surface area (Å²) in [6.45, 7) is 4.48. The van der Waals surface area contributed by atoms with Gasteiger partial charge >= 0.3 is 0 Å². The first kappa shape index (κ1) is 9.04. The van der Waals surface area contributed by atoms with Gasteiger partial charge in [-0.25, -0.2) is 4.39 Å². The SMILES string of the molecule is CCNc1cc(C)cc(CF)c1. The highest BCUT2D eigenvalue weighted by Crippen LogP contribution is 2.14. The maximum Gasteiger partial charge on any atom is 0.115 e. The molecule has 0 fully saturated rings. The van der Waals surface area contributed by atoms with Crippen LogP contribution in [0.25, 0.3) is 0 Å². The van der Waals surface area contributed by atoms with Gasteiger partial charge in [-0.1, -0.05) is 6.07 Å². The van der Waals surface area contributed by atoms with Crippen molar-refractivity contribution in [3.8, 4) is 0 Å². The molecule has 0 radical (unpaired) electrons. The van der Waals surface area contributed by atoms with Crippen LogP contribution in [0.1, 0.15) is 18.1 Å². The third kappa shape index (κ3) is 2.22. The van der Waals surface area contributed by atoms with Crippen molar-refractivity contribution in [3.05, 3.63) is 29.3 Å². The maximum absolute atomic E-state index is 12.3. The number of rotatable bonds is 3. The van der Waals surface area contributed by atoms with E-state index in [1.54, 1.807) is 0 Å². The molecule has 2 heteroatoms. The van der Waals surface area contributed by atoms with Crippen LogP contribution in [0.4, 0.5) is 10.1 Å². The molecule has 1 nitrogen and oxygen atoms in total. The zero-order valence-corrected chi connectivity index (χ0v) is 7.52. The van der Waals surface area contributed by atoms with E-state index in [1.165, 1.54) is 0 Å². The summed E-state index contributed by atoms with van der Waals surface area (Å²) in [4.78, 5) is 0. The number of anilines is 1. The zero-order chi connectivity index (χ0) is 8.97. The molecule has 66 valence electrons. The van der Waals surface area contributed by atoms with Crippen molar-refractivity contribution in [1.29, 1.82) is 0 Å². The summed E-state index contributed by atoms with van der Waals surface area (Å²) in [5.41, 5.74) is 2.84. The Kier molecular flexibility index (Phi) is 3.09. The summed E-state index contributed by atoms with van der Waals surface area (Å²) in [5, 5.41) is 3.16. The summed E-state index contributed by atoms with van der Waals surface area (Å²) in [6, 6.07) is 5.72. The maximum atomic E-state index is 12.3.